The predicted octanol–water partition coefficient (Wildman–Crippen LogP) is 9.86. The number of aryl methyl sites for hydroxylation is 1. The summed E-state index contributed by atoms with van der Waals surface area (Å²) in [6.45, 7) is 10.5. The average Bonchev–Trinajstić information content (AvgIpc) is 3.76. The molecule has 2 aromatic heterocycles. The van der Waals surface area contributed by atoms with Crippen molar-refractivity contribution >= 4 is 50.7 Å². The summed E-state index contributed by atoms with van der Waals surface area (Å²) >= 11 is 1.56. The number of pyridine rings is 1. The van der Waals surface area contributed by atoms with Crippen LogP contribution in [0.15, 0.2) is 60.7 Å². The number of alkyl halides is 3. The number of likely N-dealkylation sites (tertiary alicyclic amines) is 1. The van der Waals surface area contributed by atoms with Gasteiger partial charge in [0.25, 0.3) is 17.7 Å². The summed E-state index contributed by atoms with van der Waals surface area (Å²) in [6.07, 6.45) is 7.46. The highest BCUT2D eigenvalue weighted by Crippen LogP contribution is 2.48. The van der Waals surface area contributed by atoms with Crippen LogP contribution in [0.25, 0.3) is 10.2 Å². The molecule has 332 valence electrons. The zero-order valence-corrected chi connectivity index (χ0v) is 36.7. The van der Waals surface area contributed by atoms with Crippen molar-refractivity contribution < 1.29 is 37.5 Å². The Morgan fingerprint density at radius 2 is 1.67 bits per heavy atom. The van der Waals surface area contributed by atoms with Crippen LogP contribution in [-0.4, -0.2) is 74.1 Å². The minimum atomic E-state index is -4.69. The molecule has 4 heterocycles. The number of carbonyl (C=O) groups excluding carboxylic acids is 4. The lowest BCUT2D eigenvalue weighted by Crippen LogP contribution is -2.58. The summed E-state index contributed by atoms with van der Waals surface area (Å²) in [7, 11) is 0. The smallest absolute Gasteiger partial charge is 0.386 e. The molecule has 3 amide bonds. The van der Waals surface area contributed by atoms with Crippen LogP contribution in [-0.2, 0) is 23.0 Å². The molecule has 2 N–H and O–H groups in total. The van der Waals surface area contributed by atoms with Gasteiger partial charge in [-0.1, -0.05) is 30.4 Å². The van der Waals surface area contributed by atoms with E-state index in [1.165, 1.54) is 36.6 Å². The maximum Gasteiger partial charge on any atom is 0.433 e. The van der Waals surface area contributed by atoms with E-state index >= 15 is 0 Å². The Bertz CT molecular complexity index is 2490. The predicted molar refractivity (Wildman–Crippen MR) is 235 cm³/mol. The number of amides is 3. The van der Waals surface area contributed by atoms with E-state index in [-0.39, 0.29) is 29.7 Å². The molecular formula is C49H54F3N5O5S. The molecule has 0 radical (unpaired) electrons. The number of aromatic nitrogens is 2. The number of halogens is 3. The first kappa shape index (κ1) is 43.5. The Morgan fingerprint density at radius 3 is 2.37 bits per heavy atom. The topological polar surface area (TPSA) is 133 Å². The van der Waals surface area contributed by atoms with Crippen LogP contribution in [0.2, 0.25) is 0 Å². The van der Waals surface area contributed by atoms with Gasteiger partial charge in [0.15, 0.2) is 5.78 Å². The van der Waals surface area contributed by atoms with Gasteiger partial charge in [-0.25, -0.2) is 9.97 Å². The van der Waals surface area contributed by atoms with E-state index < -0.39 is 29.4 Å². The number of hydrogen-bond donors (Lipinski definition) is 2. The molecule has 9 rings (SSSR count). The maximum absolute atomic E-state index is 13.6. The monoisotopic (exact) mass is 881 g/mol. The van der Waals surface area contributed by atoms with Gasteiger partial charge in [0, 0.05) is 43.2 Å². The minimum Gasteiger partial charge on any atom is -0.386 e. The van der Waals surface area contributed by atoms with Crippen molar-refractivity contribution in [3.63, 3.8) is 0 Å². The molecular weight excluding hydrogens is 828 g/mol. The number of carbonyl (C=O) groups is 4. The number of thiazole rings is 1. The van der Waals surface area contributed by atoms with E-state index in [0.29, 0.717) is 63.9 Å². The molecule has 63 heavy (non-hydrogen) atoms. The number of benzene rings is 2. The number of nitrogens with one attached hydrogen (secondary N) is 1. The summed E-state index contributed by atoms with van der Waals surface area (Å²) < 4.78 is 40.7. The van der Waals surface area contributed by atoms with Gasteiger partial charge in [0.2, 0.25) is 0 Å². The first-order chi connectivity index (χ1) is 29.9. The van der Waals surface area contributed by atoms with Crippen molar-refractivity contribution in [1.29, 1.82) is 0 Å². The van der Waals surface area contributed by atoms with Gasteiger partial charge in [-0.05, 0) is 144 Å². The zero-order chi connectivity index (χ0) is 44.4. The number of fused-ring (bicyclic) bond motifs is 2. The maximum atomic E-state index is 13.6. The number of hydrogen-bond acceptors (Lipinski definition) is 9. The Hall–Kier alpha value is -4.79. The summed E-state index contributed by atoms with van der Waals surface area (Å²) in [5.74, 6) is -0.0372. The fourth-order valence-corrected chi connectivity index (χ4v) is 12.2. The normalized spacial score (nSPS) is 23.4. The molecule has 3 saturated carbocycles. The van der Waals surface area contributed by atoms with Gasteiger partial charge in [0.05, 0.1) is 38.0 Å². The first-order valence-corrected chi connectivity index (χ1v) is 23.2. The Kier molecular flexibility index (Phi) is 11.5. The largest absolute Gasteiger partial charge is 0.433 e. The van der Waals surface area contributed by atoms with Crippen LogP contribution in [0.5, 0.6) is 0 Å². The van der Waals surface area contributed by atoms with Crippen LogP contribution in [0.4, 0.5) is 18.9 Å². The van der Waals surface area contributed by atoms with Crippen molar-refractivity contribution in [3.05, 3.63) is 99.3 Å². The molecule has 10 nitrogen and oxygen atoms in total. The standard InChI is InChI=1S/C49H54F3N5O5S/c1-28-10-17-38(39(58)22-28)57-45(60)33-7-4-6-31(42(33)46(57)61)14-11-29-18-20-48(21-19-29)26-56(27-48)25-30-12-15-32(16-13-30)44-55-37-23-34(47(2,3)62)36(24-40(37)63-44)54-43(59)35-8-5-9-41(53-35)49(50,51)52/h4-9,23-24,29-30,32,38,62H,1,10-22,25-27H2,2-3H3,(H,54,59). The second-order valence-corrected chi connectivity index (χ2v) is 20.5. The van der Waals surface area contributed by atoms with E-state index in [2.05, 4.69) is 21.8 Å². The van der Waals surface area contributed by atoms with Gasteiger partial charge < -0.3 is 15.3 Å². The number of aliphatic hydroxyl groups is 1. The van der Waals surface area contributed by atoms with Crippen LogP contribution in [0.1, 0.15) is 150 Å². The second kappa shape index (κ2) is 16.6. The highest BCUT2D eigenvalue weighted by Gasteiger charge is 2.47. The number of rotatable bonds is 10. The Morgan fingerprint density at radius 1 is 0.937 bits per heavy atom. The zero-order valence-electron chi connectivity index (χ0n) is 35.9. The molecule has 1 atom stereocenters. The quantitative estimate of drug-likeness (QED) is 0.119. The number of imide groups is 1. The fraction of sp³-hybridized carbons (Fsp3) is 0.510. The third-order valence-electron chi connectivity index (χ3n) is 14.5. The van der Waals surface area contributed by atoms with Gasteiger partial charge in [-0.2, -0.15) is 13.2 Å². The number of anilines is 1. The van der Waals surface area contributed by atoms with E-state index in [1.807, 2.05) is 12.1 Å². The van der Waals surface area contributed by atoms with Crippen molar-refractivity contribution in [2.24, 2.45) is 17.3 Å². The number of nitrogens with zero attached hydrogens (tertiary/aromatic N) is 4. The van der Waals surface area contributed by atoms with Gasteiger partial charge in [0.1, 0.15) is 11.4 Å². The van der Waals surface area contributed by atoms with Gasteiger partial charge in [-0.15, -0.1) is 11.3 Å². The summed E-state index contributed by atoms with van der Waals surface area (Å²) in [6, 6.07) is 11.6. The van der Waals surface area contributed by atoms with Gasteiger partial charge in [-0.3, -0.25) is 24.1 Å². The number of Topliss-reactive ketones (excluding diaryl/α,β-unsaturated/α-hetero) is 1. The molecule has 4 fully saturated rings. The summed E-state index contributed by atoms with van der Waals surface area (Å²) in [4.78, 5) is 65.3. The number of allylic oxidation sites excluding steroid dienone is 1. The average molecular weight is 882 g/mol. The lowest BCUT2D eigenvalue weighted by Gasteiger charge is -2.54. The molecule has 0 bridgehead atoms. The van der Waals surface area contributed by atoms with E-state index in [9.17, 15) is 37.5 Å². The molecule has 1 unspecified atom stereocenters. The highest BCUT2D eigenvalue weighted by atomic mass is 32.1. The van der Waals surface area contributed by atoms with Crippen molar-refractivity contribution in [2.45, 2.75) is 121 Å². The van der Waals surface area contributed by atoms with E-state index in [1.54, 1.807) is 43.4 Å². The van der Waals surface area contributed by atoms with Crippen molar-refractivity contribution in [1.82, 2.24) is 19.8 Å². The van der Waals surface area contributed by atoms with E-state index in [4.69, 9.17) is 4.98 Å². The van der Waals surface area contributed by atoms with Gasteiger partial charge >= 0.3 is 6.18 Å². The van der Waals surface area contributed by atoms with Crippen molar-refractivity contribution in [3.8, 4) is 0 Å². The molecule has 2 aromatic carbocycles. The lowest BCUT2D eigenvalue weighted by atomic mass is 9.65. The molecule has 1 saturated heterocycles. The lowest BCUT2D eigenvalue weighted by molar-refractivity contribution is -0.141. The minimum absolute atomic E-state index is 0.100. The Balaban J connectivity index is 0.747. The third kappa shape index (κ3) is 8.75. The molecule has 1 spiro atoms. The summed E-state index contributed by atoms with van der Waals surface area (Å²) in [5.41, 5.74) is 1.65. The van der Waals surface area contributed by atoms with Crippen molar-refractivity contribution in [2.75, 3.05) is 25.0 Å². The highest BCUT2D eigenvalue weighted by molar-refractivity contribution is 7.18. The van der Waals surface area contributed by atoms with E-state index in [0.717, 1.165) is 91.1 Å². The van der Waals surface area contributed by atoms with Crippen LogP contribution in [0.3, 0.4) is 0 Å². The van der Waals surface area contributed by atoms with Crippen LogP contribution < -0.4 is 5.32 Å². The molecule has 2 aliphatic heterocycles. The number of ketones is 1. The Labute approximate surface area is 369 Å². The molecule has 3 aliphatic carbocycles. The second-order valence-electron chi connectivity index (χ2n) is 19.5. The SMILES string of the molecule is C=C1CCC(N2C(=O)c3cccc(CCC4CCC5(CC4)CN(CC4CCC(c6nc7cc(C(C)(C)O)c(NC(=O)c8cccc(C(F)(F)F)n8)cc7s6)CC4)C5)c3C2=O)C(=O)C1. The van der Waals surface area contributed by atoms with Crippen LogP contribution in [0, 0.1) is 17.3 Å². The fourth-order valence-electron chi connectivity index (χ4n) is 11.0. The molecule has 4 aromatic rings. The summed E-state index contributed by atoms with van der Waals surface area (Å²) in [5, 5.41) is 14.7. The molecule has 14 heteroatoms. The first-order valence-electron chi connectivity index (χ1n) is 22.4. The molecule has 5 aliphatic rings. The third-order valence-corrected chi connectivity index (χ3v) is 15.6. The van der Waals surface area contributed by atoms with Crippen LogP contribution >= 0.6 is 11.3 Å².